The molecule has 1 aliphatic heterocycles. The first-order valence-corrected chi connectivity index (χ1v) is 12.5. The fourth-order valence-corrected chi connectivity index (χ4v) is 4.72. The number of benzene rings is 3. The van der Waals surface area contributed by atoms with Crippen molar-refractivity contribution in [3.63, 3.8) is 0 Å². The molecule has 0 aromatic heterocycles. The molecule has 0 saturated carbocycles. The minimum absolute atomic E-state index is 0.00972. The summed E-state index contributed by atoms with van der Waals surface area (Å²) in [5, 5.41) is 0. The number of aryl methyl sites for hydroxylation is 1. The van der Waals surface area contributed by atoms with E-state index in [1.54, 1.807) is 0 Å². The third-order valence-electron chi connectivity index (χ3n) is 6.86. The van der Waals surface area contributed by atoms with Crippen molar-refractivity contribution in [2.45, 2.75) is 50.9 Å². The predicted octanol–water partition coefficient (Wildman–Crippen LogP) is 5.43. The van der Waals surface area contributed by atoms with Crippen LogP contribution in [0.25, 0.3) is 0 Å². The Hall–Kier alpha value is -3.22. The fourth-order valence-electron chi connectivity index (χ4n) is 4.72. The van der Waals surface area contributed by atoms with Crippen LogP contribution in [0.1, 0.15) is 41.5 Å². The molecule has 1 saturated heterocycles. The number of likely N-dealkylation sites (tertiary alicyclic amines) is 1. The molecule has 188 valence electrons. The van der Waals surface area contributed by atoms with Crippen LogP contribution in [-0.2, 0) is 17.6 Å². The van der Waals surface area contributed by atoms with E-state index in [4.69, 9.17) is 4.74 Å². The van der Waals surface area contributed by atoms with Crippen LogP contribution in [0.5, 0.6) is 5.75 Å². The Bertz CT molecular complexity index is 1190. The second-order valence-electron chi connectivity index (χ2n) is 9.82. The molecule has 0 aliphatic carbocycles. The van der Waals surface area contributed by atoms with Gasteiger partial charge in [-0.1, -0.05) is 42.2 Å². The van der Waals surface area contributed by atoms with Crippen molar-refractivity contribution in [2.75, 3.05) is 13.1 Å². The first-order chi connectivity index (χ1) is 17.3. The average molecular weight is 493 g/mol. The lowest BCUT2D eigenvalue weighted by Gasteiger charge is -2.33. The average Bonchev–Trinajstić information content (AvgIpc) is 2.85. The number of hydrogen-bond acceptors (Lipinski definition) is 2. The van der Waals surface area contributed by atoms with Crippen molar-refractivity contribution >= 4 is 13.8 Å². The number of halogens is 3. The molecule has 1 unspecified atom stereocenters. The molecule has 0 spiro atoms. The first kappa shape index (κ1) is 25.9. The maximum atomic E-state index is 13.9. The lowest BCUT2D eigenvalue weighted by molar-refractivity contribution is -0.133. The molecule has 3 nitrogen and oxygen atoms in total. The van der Waals surface area contributed by atoms with E-state index in [1.807, 2.05) is 30.9 Å². The number of amides is 1. The summed E-state index contributed by atoms with van der Waals surface area (Å²) in [4.78, 5) is 14.5. The largest absolute Gasteiger partial charge is 0.490 e. The minimum atomic E-state index is -1.21. The molecule has 0 bridgehead atoms. The van der Waals surface area contributed by atoms with Crippen LogP contribution in [-0.4, -0.2) is 37.8 Å². The van der Waals surface area contributed by atoms with Gasteiger partial charge in [0.05, 0.1) is 0 Å². The molecule has 4 rings (SSSR count). The molecule has 1 aliphatic rings. The Morgan fingerprint density at radius 2 is 1.64 bits per heavy atom. The number of ether oxygens (including phenoxy) is 1. The fraction of sp³-hybridized carbons (Fsp3) is 0.345. The predicted molar refractivity (Wildman–Crippen MR) is 138 cm³/mol. The molecule has 1 amide bonds. The van der Waals surface area contributed by atoms with Crippen LogP contribution in [0.15, 0.2) is 60.7 Å². The number of carbonyl (C=O) groups excluding carboxylic acids is 1. The van der Waals surface area contributed by atoms with Gasteiger partial charge in [0.15, 0.2) is 11.6 Å². The van der Waals surface area contributed by atoms with Gasteiger partial charge in [-0.2, -0.15) is 0 Å². The standard InChI is InChI=1S/C29H31BF3NO2/c1-19-4-2-3-5-21(19)14-20-6-8-24(9-7-20)36-25-10-12-34(13-11-25)29(35)17-23(30)15-22-16-27(32)28(33)18-26(22)31/h2-9,16,18,23,25H,10-15,17,30H2,1H3. The summed E-state index contributed by atoms with van der Waals surface area (Å²) in [6, 6.07) is 18.0. The smallest absolute Gasteiger partial charge is 0.222 e. The second kappa shape index (κ2) is 11.7. The van der Waals surface area contributed by atoms with E-state index in [0.29, 0.717) is 19.2 Å². The van der Waals surface area contributed by atoms with Crippen LogP contribution in [0, 0.1) is 24.4 Å². The van der Waals surface area contributed by atoms with Crippen LogP contribution in [0.3, 0.4) is 0 Å². The SMILES string of the molecule is BC(CC(=O)N1CCC(Oc2ccc(Cc3ccccc3C)cc2)CC1)Cc1cc(F)c(F)cc1F. The molecule has 0 radical (unpaired) electrons. The summed E-state index contributed by atoms with van der Waals surface area (Å²) >= 11 is 0. The van der Waals surface area contributed by atoms with E-state index in [2.05, 4.69) is 37.3 Å². The molecule has 1 heterocycles. The van der Waals surface area contributed by atoms with Gasteiger partial charge in [-0.05, 0) is 60.2 Å². The van der Waals surface area contributed by atoms with Gasteiger partial charge in [0, 0.05) is 38.4 Å². The van der Waals surface area contributed by atoms with Gasteiger partial charge in [-0.25, -0.2) is 13.2 Å². The first-order valence-electron chi connectivity index (χ1n) is 12.5. The third kappa shape index (κ3) is 6.71. The zero-order valence-electron chi connectivity index (χ0n) is 20.8. The van der Waals surface area contributed by atoms with E-state index in [9.17, 15) is 18.0 Å². The Kier molecular flexibility index (Phi) is 8.39. The van der Waals surface area contributed by atoms with E-state index in [0.717, 1.165) is 31.1 Å². The van der Waals surface area contributed by atoms with Gasteiger partial charge in [-0.15, -0.1) is 0 Å². The van der Waals surface area contributed by atoms with Crippen LogP contribution in [0.4, 0.5) is 13.2 Å². The Morgan fingerprint density at radius 1 is 0.972 bits per heavy atom. The number of piperidine rings is 1. The van der Waals surface area contributed by atoms with Gasteiger partial charge in [0.1, 0.15) is 25.5 Å². The molecular weight excluding hydrogens is 462 g/mol. The summed E-state index contributed by atoms with van der Waals surface area (Å²) < 4.78 is 46.7. The van der Waals surface area contributed by atoms with Crippen molar-refractivity contribution in [3.8, 4) is 5.75 Å². The summed E-state index contributed by atoms with van der Waals surface area (Å²) in [5.74, 6) is -2.44. The van der Waals surface area contributed by atoms with Gasteiger partial charge in [-0.3, -0.25) is 4.79 Å². The lowest BCUT2D eigenvalue weighted by atomic mass is 9.79. The topological polar surface area (TPSA) is 29.5 Å². The van der Waals surface area contributed by atoms with Gasteiger partial charge in [0.25, 0.3) is 0 Å². The Labute approximate surface area is 211 Å². The zero-order valence-corrected chi connectivity index (χ0v) is 20.8. The Balaban J connectivity index is 1.22. The van der Waals surface area contributed by atoms with Crippen molar-refractivity contribution in [1.29, 1.82) is 0 Å². The van der Waals surface area contributed by atoms with E-state index >= 15 is 0 Å². The highest BCUT2D eigenvalue weighted by Gasteiger charge is 2.25. The van der Waals surface area contributed by atoms with Gasteiger partial charge >= 0.3 is 0 Å². The normalized spacial score (nSPS) is 15.1. The summed E-state index contributed by atoms with van der Waals surface area (Å²) in [6.07, 6.45) is 2.81. The number of nitrogens with zero attached hydrogens (tertiary/aromatic N) is 1. The zero-order chi connectivity index (χ0) is 25.7. The lowest BCUT2D eigenvalue weighted by Crippen LogP contribution is -2.42. The van der Waals surface area contributed by atoms with Crippen molar-refractivity contribution < 1.29 is 22.7 Å². The molecule has 3 aromatic carbocycles. The highest BCUT2D eigenvalue weighted by molar-refractivity contribution is 6.13. The number of hydrogen-bond donors (Lipinski definition) is 0. The summed E-state index contributed by atoms with van der Waals surface area (Å²) in [5.41, 5.74) is 3.92. The van der Waals surface area contributed by atoms with Gasteiger partial charge < -0.3 is 9.64 Å². The quantitative estimate of drug-likeness (QED) is 0.310. The molecule has 1 fully saturated rings. The van der Waals surface area contributed by atoms with Crippen LogP contribution < -0.4 is 4.74 Å². The molecule has 7 heteroatoms. The highest BCUT2D eigenvalue weighted by atomic mass is 19.2. The van der Waals surface area contributed by atoms with Crippen LogP contribution in [0.2, 0.25) is 5.82 Å². The van der Waals surface area contributed by atoms with Crippen molar-refractivity contribution in [1.82, 2.24) is 4.90 Å². The van der Waals surface area contributed by atoms with Crippen molar-refractivity contribution in [3.05, 3.63) is 100 Å². The van der Waals surface area contributed by atoms with E-state index < -0.39 is 17.5 Å². The summed E-state index contributed by atoms with van der Waals surface area (Å²) in [7, 11) is 1.82. The van der Waals surface area contributed by atoms with Gasteiger partial charge in [0.2, 0.25) is 5.91 Å². The van der Waals surface area contributed by atoms with Crippen molar-refractivity contribution in [2.24, 2.45) is 0 Å². The third-order valence-corrected chi connectivity index (χ3v) is 6.86. The monoisotopic (exact) mass is 493 g/mol. The molecule has 1 atom stereocenters. The highest BCUT2D eigenvalue weighted by Crippen LogP contribution is 2.24. The number of rotatable bonds is 8. The minimum Gasteiger partial charge on any atom is -0.490 e. The second-order valence-corrected chi connectivity index (χ2v) is 9.82. The Morgan fingerprint density at radius 3 is 2.33 bits per heavy atom. The molecular formula is C29H31BF3NO2. The van der Waals surface area contributed by atoms with E-state index in [1.165, 1.54) is 16.7 Å². The maximum absolute atomic E-state index is 13.9. The van der Waals surface area contributed by atoms with E-state index in [-0.39, 0.29) is 36.2 Å². The summed E-state index contributed by atoms with van der Waals surface area (Å²) in [6.45, 7) is 3.32. The molecule has 0 N–H and O–H groups in total. The molecule has 3 aromatic rings. The number of carbonyl (C=O) groups is 1. The van der Waals surface area contributed by atoms with Crippen LogP contribution >= 0.6 is 0 Å². The molecule has 36 heavy (non-hydrogen) atoms. The maximum Gasteiger partial charge on any atom is 0.222 e.